The highest BCUT2D eigenvalue weighted by atomic mass is 79.9. The lowest BCUT2D eigenvalue weighted by atomic mass is 9.95. The van der Waals surface area contributed by atoms with Gasteiger partial charge in [-0.25, -0.2) is 0 Å². The van der Waals surface area contributed by atoms with Gasteiger partial charge in [-0.1, -0.05) is 15.9 Å². The Balaban J connectivity index is 2.10. The van der Waals surface area contributed by atoms with Gasteiger partial charge < -0.3 is 10.0 Å². The lowest BCUT2D eigenvalue weighted by Crippen LogP contribution is -2.50. The number of amides is 1. The Kier molecular flexibility index (Phi) is 4.27. The Morgan fingerprint density at radius 1 is 1.33 bits per heavy atom. The van der Waals surface area contributed by atoms with Gasteiger partial charge in [0.2, 0.25) is 0 Å². The highest BCUT2D eigenvalue weighted by Crippen LogP contribution is 2.35. The minimum atomic E-state index is -4.55. The number of likely N-dealkylation sites (tertiary alicyclic amines) is 1. The van der Waals surface area contributed by atoms with Crippen LogP contribution in [-0.4, -0.2) is 35.0 Å². The molecular weight excluding hydrogens is 355 g/mol. The van der Waals surface area contributed by atoms with Crippen molar-refractivity contribution in [2.75, 3.05) is 13.1 Å². The van der Waals surface area contributed by atoms with Gasteiger partial charge in [-0.2, -0.15) is 13.2 Å². The predicted molar refractivity (Wildman–Crippen MR) is 70.8 cm³/mol. The molecule has 21 heavy (non-hydrogen) atoms. The van der Waals surface area contributed by atoms with Crippen molar-refractivity contribution in [1.29, 1.82) is 0 Å². The number of rotatable bonds is 3. The van der Waals surface area contributed by atoms with Crippen molar-refractivity contribution < 1.29 is 27.9 Å². The lowest BCUT2D eigenvalue weighted by Gasteiger charge is -2.38. The fraction of sp³-hybridized carbons (Fsp3) is 0.385. The Labute approximate surface area is 126 Å². The second-order valence-electron chi connectivity index (χ2n) is 4.87. The number of carboxylic acids is 1. The summed E-state index contributed by atoms with van der Waals surface area (Å²) in [6.07, 6.45) is -4.59. The summed E-state index contributed by atoms with van der Waals surface area (Å²) in [5.74, 6) is -1.60. The van der Waals surface area contributed by atoms with Crippen LogP contribution < -0.4 is 0 Å². The molecule has 1 aromatic carbocycles. The van der Waals surface area contributed by atoms with Crippen LogP contribution in [0.2, 0.25) is 0 Å². The zero-order valence-electron chi connectivity index (χ0n) is 10.7. The maximum atomic E-state index is 12.8. The van der Waals surface area contributed by atoms with Crippen molar-refractivity contribution >= 4 is 27.8 Å². The normalized spacial score (nSPS) is 15.7. The molecule has 0 spiro atoms. The van der Waals surface area contributed by atoms with Crippen LogP contribution in [-0.2, 0) is 11.0 Å². The van der Waals surface area contributed by atoms with Gasteiger partial charge in [0.05, 0.1) is 12.0 Å². The first-order chi connectivity index (χ1) is 9.68. The summed E-state index contributed by atoms with van der Waals surface area (Å²) in [5.41, 5.74) is -0.963. The summed E-state index contributed by atoms with van der Waals surface area (Å²) in [5, 5.41) is 8.61. The molecule has 0 radical (unpaired) electrons. The number of aliphatic carboxylic acids is 1. The number of benzene rings is 1. The first-order valence-electron chi connectivity index (χ1n) is 6.06. The van der Waals surface area contributed by atoms with Crippen molar-refractivity contribution in [3.63, 3.8) is 0 Å². The number of carboxylic acid groups (broad SMARTS) is 1. The number of alkyl halides is 3. The minimum absolute atomic E-state index is 0.0437. The average molecular weight is 366 g/mol. The smallest absolute Gasteiger partial charge is 0.417 e. The molecule has 1 fully saturated rings. The van der Waals surface area contributed by atoms with Crippen LogP contribution in [0.5, 0.6) is 0 Å². The highest BCUT2D eigenvalue weighted by Gasteiger charge is 2.36. The summed E-state index contributed by atoms with van der Waals surface area (Å²) in [7, 11) is 0. The highest BCUT2D eigenvalue weighted by molar-refractivity contribution is 9.10. The van der Waals surface area contributed by atoms with Crippen molar-refractivity contribution in [3.8, 4) is 0 Å². The summed E-state index contributed by atoms with van der Waals surface area (Å²) < 4.78 is 38.2. The maximum Gasteiger partial charge on any atom is 0.417 e. The molecule has 0 atom stereocenters. The third-order valence-electron chi connectivity index (χ3n) is 3.23. The van der Waals surface area contributed by atoms with Crippen LogP contribution in [0.1, 0.15) is 22.3 Å². The number of carbonyl (C=O) groups excluding carboxylic acids is 1. The third kappa shape index (κ3) is 3.55. The molecule has 0 aliphatic carbocycles. The molecule has 0 bridgehead atoms. The molecule has 1 saturated heterocycles. The standard InChI is InChI=1S/C13H11BrF3NO3/c14-10-2-1-8(4-9(10)13(15,16)17)12(21)18-5-7(6-18)3-11(19)20/h1-2,4,7H,3,5-6H2,(H,19,20). The second-order valence-corrected chi connectivity index (χ2v) is 5.72. The number of hydrogen-bond donors (Lipinski definition) is 1. The van der Waals surface area contributed by atoms with Gasteiger partial charge in [0, 0.05) is 29.0 Å². The fourth-order valence-electron chi connectivity index (χ4n) is 2.17. The molecule has 1 aliphatic rings. The molecule has 1 aromatic rings. The quantitative estimate of drug-likeness (QED) is 0.895. The number of nitrogens with zero attached hydrogens (tertiary/aromatic N) is 1. The van der Waals surface area contributed by atoms with E-state index in [-0.39, 0.29) is 35.5 Å². The van der Waals surface area contributed by atoms with Crippen molar-refractivity contribution in [2.45, 2.75) is 12.6 Å². The minimum Gasteiger partial charge on any atom is -0.481 e. The maximum absolute atomic E-state index is 12.8. The van der Waals surface area contributed by atoms with Crippen LogP contribution >= 0.6 is 15.9 Å². The monoisotopic (exact) mass is 365 g/mol. The van der Waals surface area contributed by atoms with Gasteiger partial charge in [-0.3, -0.25) is 9.59 Å². The van der Waals surface area contributed by atoms with Crippen LogP contribution in [0.15, 0.2) is 22.7 Å². The SMILES string of the molecule is O=C(O)CC1CN(C(=O)c2ccc(Br)c(C(F)(F)F)c2)C1. The molecule has 1 aliphatic heterocycles. The van der Waals surface area contributed by atoms with Gasteiger partial charge in [0.25, 0.3) is 5.91 Å². The topological polar surface area (TPSA) is 57.6 Å². The Hall–Kier alpha value is -1.57. The lowest BCUT2D eigenvalue weighted by molar-refractivity contribution is -0.139. The van der Waals surface area contributed by atoms with E-state index < -0.39 is 23.6 Å². The second kappa shape index (κ2) is 5.67. The van der Waals surface area contributed by atoms with E-state index in [2.05, 4.69) is 15.9 Å². The molecule has 114 valence electrons. The zero-order valence-corrected chi connectivity index (χ0v) is 12.2. The first kappa shape index (κ1) is 15.8. The van der Waals surface area contributed by atoms with Gasteiger partial charge in [-0.15, -0.1) is 0 Å². The van der Waals surface area contributed by atoms with E-state index in [0.717, 1.165) is 6.07 Å². The Morgan fingerprint density at radius 3 is 2.48 bits per heavy atom. The van der Waals surface area contributed by atoms with Crippen molar-refractivity contribution in [1.82, 2.24) is 4.90 Å². The van der Waals surface area contributed by atoms with E-state index in [9.17, 15) is 22.8 Å². The van der Waals surface area contributed by atoms with Crippen LogP contribution in [0.25, 0.3) is 0 Å². The molecule has 4 nitrogen and oxygen atoms in total. The third-order valence-corrected chi connectivity index (χ3v) is 3.92. The van der Waals surface area contributed by atoms with Crippen LogP contribution in [0.3, 0.4) is 0 Å². The van der Waals surface area contributed by atoms with Gasteiger partial charge in [-0.05, 0) is 18.2 Å². The summed E-state index contributed by atoms with van der Waals surface area (Å²) >= 11 is 2.81. The largest absolute Gasteiger partial charge is 0.481 e. The molecule has 2 rings (SSSR count). The average Bonchev–Trinajstić information content (AvgIpc) is 2.31. The molecule has 1 N–H and O–H groups in total. The van der Waals surface area contributed by atoms with Crippen molar-refractivity contribution in [2.24, 2.45) is 5.92 Å². The molecule has 0 saturated carbocycles. The summed E-state index contributed by atoms with van der Waals surface area (Å²) in [4.78, 5) is 23.9. The van der Waals surface area contributed by atoms with Crippen molar-refractivity contribution in [3.05, 3.63) is 33.8 Å². The van der Waals surface area contributed by atoms with E-state index in [4.69, 9.17) is 5.11 Å². The van der Waals surface area contributed by atoms with Gasteiger partial charge >= 0.3 is 12.1 Å². The first-order valence-corrected chi connectivity index (χ1v) is 6.85. The fourth-order valence-corrected chi connectivity index (χ4v) is 2.64. The number of carbonyl (C=O) groups is 2. The Morgan fingerprint density at radius 2 is 1.95 bits per heavy atom. The molecule has 1 heterocycles. The summed E-state index contributed by atoms with van der Waals surface area (Å²) in [6.45, 7) is 0.505. The molecule has 8 heteroatoms. The molecule has 1 amide bonds. The Bertz CT molecular complexity index is 583. The molecular formula is C13H11BrF3NO3. The molecule has 0 aromatic heterocycles. The van der Waals surface area contributed by atoms with E-state index in [1.807, 2.05) is 0 Å². The number of halogens is 4. The van der Waals surface area contributed by atoms with Crippen LogP contribution in [0, 0.1) is 5.92 Å². The van der Waals surface area contributed by atoms with E-state index in [0.29, 0.717) is 0 Å². The number of hydrogen-bond acceptors (Lipinski definition) is 2. The zero-order chi connectivity index (χ0) is 15.8. The van der Waals surface area contributed by atoms with Gasteiger partial charge in [0.15, 0.2) is 0 Å². The summed E-state index contributed by atoms with van der Waals surface area (Å²) in [6, 6.07) is 3.30. The van der Waals surface area contributed by atoms with E-state index in [1.54, 1.807) is 0 Å². The van der Waals surface area contributed by atoms with E-state index >= 15 is 0 Å². The van der Waals surface area contributed by atoms with Gasteiger partial charge in [0.1, 0.15) is 0 Å². The predicted octanol–water partition coefficient (Wildman–Crippen LogP) is 3.01. The van der Waals surface area contributed by atoms with Crippen LogP contribution in [0.4, 0.5) is 13.2 Å². The molecule has 0 unspecified atom stereocenters. The van der Waals surface area contributed by atoms with E-state index in [1.165, 1.54) is 17.0 Å².